The molecule has 1 heterocycles. The molecule has 1 aliphatic rings. The summed E-state index contributed by atoms with van der Waals surface area (Å²) in [7, 11) is 2.04. The van der Waals surface area contributed by atoms with Gasteiger partial charge in [0.1, 0.15) is 5.82 Å². The van der Waals surface area contributed by atoms with Crippen LogP contribution in [-0.4, -0.2) is 19.6 Å². The SMILES string of the molecule is CN(CC1Cc2ccccc2N1)c1ccc(F)cc1. The first-order chi connectivity index (χ1) is 9.22. The van der Waals surface area contributed by atoms with E-state index in [4.69, 9.17) is 0 Å². The lowest BCUT2D eigenvalue weighted by Crippen LogP contribution is -2.32. The first kappa shape index (κ1) is 12.0. The molecule has 0 aliphatic carbocycles. The fourth-order valence-corrected chi connectivity index (χ4v) is 2.62. The summed E-state index contributed by atoms with van der Waals surface area (Å²) >= 11 is 0. The molecular weight excluding hydrogens is 239 g/mol. The van der Waals surface area contributed by atoms with Crippen LogP contribution in [0.5, 0.6) is 0 Å². The number of anilines is 2. The Kier molecular flexibility index (Phi) is 3.11. The van der Waals surface area contributed by atoms with Crippen LogP contribution in [0.1, 0.15) is 5.56 Å². The van der Waals surface area contributed by atoms with Gasteiger partial charge in [0.25, 0.3) is 0 Å². The third-order valence-corrected chi connectivity index (χ3v) is 3.60. The zero-order valence-electron chi connectivity index (χ0n) is 10.9. The van der Waals surface area contributed by atoms with E-state index in [9.17, 15) is 4.39 Å². The van der Waals surface area contributed by atoms with Gasteiger partial charge < -0.3 is 10.2 Å². The molecule has 3 heteroatoms. The van der Waals surface area contributed by atoms with Gasteiger partial charge in [-0.25, -0.2) is 4.39 Å². The van der Waals surface area contributed by atoms with Gasteiger partial charge in [-0.15, -0.1) is 0 Å². The van der Waals surface area contributed by atoms with Crippen molar-refractivity contribution in [2.45, 2.75) is 12.5 Å². The fraction of sp³-hybridized carbons (Fsp3) is 0.250. The van der Waals surface area contributed by atoms with Crippen molar-refractivity contribution in [2.24, 2.45) is 0 Å². The molecule has 3 rings (SSSR count). The molecular formula is C16H17FN2. The molecule has 0 aromatic heterocycles. The number of nitrogens with one attached hydrogen (secondary N) is 1. The Bertz CT molecular complexity index is 540. The Balaban J connectivity index is 1.66. The minimum atomic E-state index is -0.191. The van der Waals surface area contributed by atoms with Crippen LogP contribution >= 0.6 is 0 Å². The highest BCUT2D eigenvalue weighted by Crippen LogP contribution is 2.26. The third-order valence-electron chi connectivity index (χ3n) is 3.60. The summed E-state index contributed by atoms with van der Waals surface area (Å²) in [6.45, 7) is 0.903. The van der Waals surface area contributed by atoms with E-state index < -0.39 is 0 Å². The second kappa shape index (κ2) is 4.92. The van der Waals surface area contributed by atoms with Gasteiger partial charge in [-0.3, -0.25) is 0 Å². The lowest BCUT2D eigenvalue weighted by Gasteiger charge is -2.23. The van der Waals surface area contributed by atoms with Gasteiger partial charge in [-0.2, -0.15) is 0 Å². The molecule has 0 radical (unpaired) electrons. The molecule has 0 saturated carbocycles. The monoisotopic (exact) mass is 256 g/mol. The third kappa shape index (κ3) is 2.55. The van der Waals surface area contributed by atoms with Crippen molar-refractivity contribution < 1.29 is 4.39 Å². The molecule has 2 nitrogen and oxygen atoms in total. The summed E-state index contributed by atoms with van der Waals surface area (Å²) in [6.07, 6.45) is 1.04. The van der Waals surface area contributed by atoms with E-state index >= 15 is 0 Å². The van der Waals surface area contributed by atoms with Gasteiger partial charge in [0.15, 0.2) is 0 Å². The van der Waals surface area contributed by atoms with Crippen LogP contribution in [-0.2, 0) is 6.42 Å². The Morgan fingerprint density at radius 1 is 1.16 bits per heavy atom. The molecule has 1 N–H and O–H groups in total. The summed E-state index contributed by atoms with van der Waals surface area (Å²) in [4.78, 5) is 2.16. The summed E-state index contributed by atoms with van der Waals surface area (Å²) in [5, 5.41) is 3.53. The molecule has 1 atom stereocenters. The highest BCUT2D eigenvalue weighted by molar-refractivity contribution is 5.57. The first-order valence-electron chi connectivity index (χ1n) is 6.53. The van der Waals surface area contributed by atoms with Crippen LogP contribution in [0.15, 0.2) is 48.5 Å². The highest BCUT2D eigenvalue weighted by atomic mass is 19.1. The molecule has 98 valence electrons. The van der Waals surface area contributed by atoms with E-state index in [1.165, 1.54) is 23.4 Å². The fourth-order valence-electron chi connectivity index (χ4n) is 2.62. The van der Waals surface area contributed by atoms with Crippen molar-refractivity contribution in [1.82, 2.24) is 0 Å². The molecule has 0 amide bonds. The average molecular weight is 256 g/mol. The zero-order chi connectivity index (χ0) is 13.2. The average Bonchev–Trinajstić information content (AvgIpc) is 2.81. The van der Waals surface area contributed by atoms with Crippen LogP contribution in [0, 0.1) is 5.82 Å². The van der Waals surface area contributed by atoms with Crippen LogP contribution < -0.4 is 10.2 Å². The van der Waals surface area contributed by atoms with Crippen LogP contribution in [0.4, 0.5) is 15.8 Å². The summed E-state index contributed by atoms with van der Waals surface area (Å²) in [6, 6.07) is 15.5. The minimum absolute atomic E-state index is 0.191. The van der Waals surface area contributed by atoms with E-state index in [1.54, 1.807) is 0 Å². The maximum absolute atomic E-state index is 12.9. The number of hydrogen-bond donors (Lipinski definition) is 1. The number of nitrogens with zero attached hydrogens (tertiary/aromatic N) is 1. The van der Waals surface area contributed by atoms with Crippen molar-refractivity contribution in [3.05, 3.63) is 59.9 Å². The second-order valence-electron chi connectivity index (χ2n) is 5.06. The lowest BCUT2D eigenvalue weighted by atomic mass is 10.1. The maximum atomic E-state index is 12.9. The van der Waals surface area contributed by atoms with Gasteiger partial charge in [-0.1, -0.05) is 18.2 Å². The molecule has 1 unspecified atom stereocenters. The number of benzene rings is 2. The summed E-state index contributed by atoms with van der Waals surface area (Å²) in [5.41, 5.74) is 3.65. The number of rotatable bonds is 3. The molecule has 0 spiro atoms. The molecule has 0 bridgehead atoms. The molecule has 19 heavy (non-hydrogen) atoms. The molecule has 1 aliphatic heterocycles. The van der Waals surface area contributed by atoms with Crippen molar-refractivity contribution in [2.75, 3.05) is 23.8 Å². The Morgan fingerprint density at radius 2 is 1.89 bits per heavy atom. The molecule has 2 aromatic rings. The topological polar surface area (TPSA) is 15.3 Å². The number of fused-ring (bicyclic) bond motifs is 1. The van der Waals surface area contributed by atoms with Gasteiger partial charge in [0, 0.05) is 31.0 Å². The number of likely N-dealkylation sites (N-methyl/N-ethyl adjacent to an activating group) is 1. The molecule has 2 aromatic carbocycles. The number of hydrogen-bond acceptors (Lipinski definition) is 2. The maximum Gasteiger partial charge on any atom is 0.123 e. The van der Waals surface area contributed by atoms with Crippen LogP contribution in [0.2, 0.25) is 0 Å². The van der Waals surface area contributed by atoms with E-state index in [-0.39, 0.29) is 5.82 Å². The van der Waals surface area contributed by atoms with Gasteiger partial charge in [0.2, 0.25) is 0 Å². The van der Waals surface area contributed by atoms with Gasteiger partial charge >= 0.3 is 0 Å². The standard InChI is InChI=1S/C16H17FN2/c1-19(15-8-6-13(17)7-9-15)11-14-10-12-4-2-3-5-16(12)18-14/h2-9,14,18H,10-11H2,1H3. The van der Waals surface area contributed by atoms with Crippen molar-refractivity contribution in [3.8, 4) is 0 Å². The Labute approximate surface area is 112 Å². The summed E-state index contributed by atoms with van der Waals surface area (Å²) in [5.74, 6) is -0.191. The van der Waals surface area contributed by atoms with Crippen molar-refractivity contribution in [3.63, 3.8) is 0 Å². The predicted octanol–water partition coefficient (Wildman–Crippen LogP) is 3.30. The smallest absolute Gasteiger partial charge is 0.123 e. The predicted molar refractivity (Wildman–Crippen MR) is 77.2 cm³/mol. The Hall–Kier alpha value is -2.03. The molecule has 0 saturated heterocycles. The van der Waals surface area contributed by atoms with Crippen LogP contribution in [0.25, 0.3) is 0 Å². The van der Waals surface area contributed by atoms with E-state index in [0.29, 0.717) is 6.04 Å². The van der Waals surface area contributed by atoms with E-state index in [0.717, 1.165) is 18.7 Å². The largest absolute Gasteiger partial charge is 0.380 e. The highest BCUT2D eigenvalue weighted by Gasteiger charge is 2.21. The van der Waals surface area contributed by atoms with E-state index in [2.05, 4.69) is 34.5 Å². The van der Waals surface area contributed by atoms with Gasteiger partial charge in [-0.05, 0) is 42.3 Å². The number of para-hydroxylation sites is 1. The van der Waals surface area contributed by atoms with E-state index in [1.807, 2.05) is 19.2 Å². The van der Waals surface area contributed by atoms with Crippen molar-refractivity contribution in [1.29, 1.82) is 0 Å². The zero-order valence-corrected chi connectivity index (χ0v) is 10.9. The normalized spacial score (nSPS) is 16.8. The quantitative estimate of drug-likeness (QED) is 0.906. The van der Waals surface area contributed by atoms with Gasteiger partial charge in [0.05, 0.1) is 0 Å². The Morgan fingerprint density at radius 3 is 2.63 bits per heavy atom. The van der Waals surface area contributed by atoms with Crippen molar-refractivity contribution >= 4 is 11.4 Å². The lowest BCUT2D eigenvalue weighted by molar-refractivity contribution is 0.627. The number of halogens is 1. The summed E-state index contributed by atoms with van der Waals surface area (Å²) < 4.78 is 12.9. The second-order valence-corrected chi connectivity index (χ2v) is 5.06. The van der Waals surface area contributed by atoms with Crippen LogP contribution in [0.3, 0.4) is 0 Å². The molecule has 0 fully saturated rings. The minimum Gasteiger partial charge on any atom is -0.380 e. The first-order valence-corrected chi connectivity index (χ1v) is 6.53.